The second-order valence-electron chi connectivity index (χ2n) is 5.80. The number of imide groups is 1. The van der Waals surface area contributed by atoms with Gasteiger partial charge in [-0.25, -0.2) is 4.79 Å². The van der Waals surface area contributed by atoms with Crippen molar-refractivity contribution in [1.29, 1.82) is 0 Å². The van der Waals surface area contributed by atoms with E-state index in [0.717, 1.165) is 0 Å². The van der Waals surface area contributed by atoms with Crippen LogP contribution >= 0.6 is 0 Å². The summed E-state index contributed by atoms with van der Waals surface area (Å²) in [6.45, 7) is 1.36. The zero-order chi connectivity index (χ0) is 18.0. The number of rotatable bonds is 3. The Bertz CT molecular complexity index is 701. The molecule has 2 saturated heterocycles. The number of carbonyl (C=O) groups is 3. The Labute approximate surface area is 142 Å². The minimum Gasteiger partial charge on any atom is -0.495 e. The zero-order valence-electron chi connectivity index (χ0n) is 14.6. The highest BCUT2D eigenvalue weighted by Gasteiger charge is 2.28. The number of urea groups is 1. The lowest BCUT2D eigenvalue weighted by atomic mass is 10.1. The van der Waals surface area contributed by atoms with Crippen LogP contribution in [0.5, 0.6) is 5.75 Å². The molecule has 0 bridgehead atoms. The average Bonchev–Trinajstić information content (AvgIpc) is 2.61. The van der Waals surface area contributed by atoms with Crippen LogP contribution in [-0.2, 0) is 4.79 Å². The van der Waals surface area contributed by atoms with Crippen molar-refractivity contribution in [3.8, 4) is 5.75 Å². The summed E-state index contributed by atoms with van der Waals surface area (Å²) in [7, 11) is 1.49. The fourth-order valence-electron chi connectivity index (χ4n) is 2.96. The molecule has 7 heteroatoms. The Kier molecular flexibility index (Phi) is 4.31. The van der Waals surface area contributed by atoms with E-state index in [1.54, 1.807) is 23.1 Å². The van der Waals surface area contributed by atoms with Gasteiger partial charge >= 0.3 is 6.03 Å². The van der Waals surface area contributed by atoms with E-state index in [9.17, 15) is 14.4 Å². The Hall–Kier alpha value is -2.57. The van der Waals surface area contributed by atoms with Gasteiger partial charge in [0.15, 0.2) is 0 Å². The molecule has 0 aromatic heterocycles. The summed E-state index contributed by atoms with van der Waals surface area (Å²) < 4.78 is 13.0. The lowest BCUT2D eigenvalue weighted by Crippen LogP contribution is -2.49. The first kappa shape index (κ1) is 15.0. The summed E-state index contributed by atoms with van der Waals surface area (Å²) in [5, 5.41) is 2.27. The molecular formula is C17H21N3O4. The number of hydrogen-bond acceptors (Lipinski definition) is 4. The minimum atomic E-state index is -0.519. The summed E-state index contributed by atoms with van der Waals surface area (Å²) in [4.78, 5) is 39.3. The number of nitrogens with one attached hydrogen (secondary N) is 1. The zero-order valence-corrected chi connectivity index (χ0v) is 13.6. The number of amides is 4. The van der Waals surface area contributed by atoms with Gasteiger partial charge in [-0.1, -0.05) is 0 Å². The van der Waals surface area contributed by atoms with Crippen LogP contribution in [0.3, 0.4) is 0 Å². The lowest BCUT2D eigenvalue weighted by Gasteiger charge is -2.29. The maximum absolute atomic E-state index is 12.7. The predicted molar refractivity (Wildman–Crippen MR) is 88.3 cm³/mol. The third-order valence-corrected chi connectivity index (χ3v) is 4.26. The van der Waals surface area contributed by atoms with E-state index < -0.39 is 6.03 Å². The Balaban J connectivity index is 1.86. The van der Waals surface area contributed by atoms with Crippen molar-refractivity contribution >= 4 is 23.5 Å². The fourth-order valence-corrected chi connectivity index (χ4v) is 2.96. The van der Waals surface area contributed by atoms with Crippen molar-refractivity contribution in [2.75, 3.05) is 31.6 Å². The highest BCUT2D eigenvalue weighted by molar-refractivity contribution is 6.07. The molecular weight excluding hydrogens is 310 g/mol. The standard InChI is InChI=1S/C17H21N3O4/c1-24-14-6-5-12(16(22)19-8-3-2-4-9-19)11-13(14)20-10-7-15(21)18-17(20)23/h5-6,11H,2-4,7-10H2,1H3,(H,18,21,23)/i2D. The lowest BCUT2D eigenvalue weighted by molar-refractivity contribution is -0.120. The molecule has 24 heavy (non-hydrogen) atoms. The molecule has 2 aliphatic heterocycles. The molecule has 1 N–H and O–H groups in total. The van der Waals surface area contributed by atoms with Gasteiger partial charge in [0.2, 0.25) is 5.91 Å². The molecule has 0 radical (unpaired) electrons. The number of anilines is 1. The van der Waals surface area contributed by atoms with Gasteiger partial charge in [-0.3, -0.25) is 19.8 Å². The normalized spacial score (nSPS) is 19.8. The highest BCUT2D eigenvalue weighted by atomic mass is 16.5. The molecule has 128 valence electrons. The molecule has 0 unspecified atom stereocenters. The number of hydrogen-bond donors (Lipinski definition) is 1. The predicted octanol–water partition coefficient (Wildman–Crippen LogP) is 1.77. The molecule has 0 spiro atoms. The fraction of sp³-hybridized carbons (Fsp3) is 0.471. The Morgan fingerprint density at radius 3 is 2.67 bits per heavy atom. The van der Waals surface area contributed by atoms with Crippen LogP contribution in [0.4, 0.5) is 10.5 Å². The van der Waals surface area contributed by atoms with Gasteiger partial charge in [0.05, 0.1) is 12.8 Å². The third kappa shape index (κ3) is 3.20. The van der Waals surface area contributed by atoms with Gasteiger partial charge in [0.1, 0.15) is 5.75 Å². The molecule has 2 heterocycles. The van der Waals surface area contributed by atoms with Gasteiger partial charge in [-0.15, -0.1) is 0 Å². The number of benzene rings is 1. The van der Waals surface area contributed by atoms with Crippen LogP contribution in [0.2, 0.25) is 0 Å². The van der Waals surface area contributed by atoms with Crippen molar-refractivity contribution in [2.45, 2.75) is 25.7 Å². The van der Waals surface area contributed by atoms with Gasteiger partial charge in [0, 0.05) is 33.0 Å². The van der Waals surface area contributed by atoms with E-state index in [2.05, 4.69) is 5.32 Å². The molecule has 0 aliphatic carbocycles. The molecule has 0 saturated carbocycles. The largest absolute Gasteiger partial charge is 0.495 e. The maximum atomic E-state index is 12.7. The maximum Gasteiger partial charge on any atom is 0.328 e. The topological polar surface area (TPSA) is 79.0 Å². The Morgan fingerprint density at radius 1 is 1.25 bits per heavy atom. The molecule has 1 aromatic carbocycles. The molecule has 0 atom stereocenters. The number of methoxy groups -OCH3 is 1. The van der Waals surface area contributed by atoms with Gasteiger partial charge < -0.3 is 9.64 Å². The molecule has 3 rings (SSSR count). The number of piperidine rings is 1. The number of nitrogens with zero attached hydrogens (tertiary/aromatic N) is 2. The van der Waals surface area contributed by atoms with Crippen LogP contribution in [0.15, 0.2) is 18.2 Å². The van der Waals surface area contributed by atoms with Crippen molar-refractivity contribution < 1.29 is 20.5 Å². The smallest absolute Gasteiger partial charge is 0.328 e. The third-order valence-electron chi connectivity index (χ3n) is 4.26. The number of likely N-dealkylation sites (tertiary alicyclic amines) is 1. The molecule has 1 aromatic rings. The summed E-state index contributed by atoms with van der Waals surface area (Å²) in [5.41, 5.74) is 0.928. The molecule has 4 amide bonds. The number of carbonyl (C=O) groups excluding carboxylic acids is 3. The monoisotopic (exact) mass is 332 g/mol. The van der Waals surface area contributed by atoms with E-state index >= 15 is 0 Å². The van der Waals surface area contributed by atoms with Crippen molar-refractivity contribution in [1.82, 2.24) is 10.2 Å². The van der Waals surface area contributed by atoms with Gasteiger partial charge in [-0.2, -0.15) is 0 Å². The van der Waals surface area contributed by atoms with Crippen LogP contribution in [-0.4, -0.2) is 49.5 Å². The van der Waals surface area contributed by atoms with E-state index in [0.29, 0.717) is 42.9 Å². The van der Waals surface area contributed by atoms with Crippen molar-refractivity contribution in [3.63, 3.8) is 0 Å². The summed E-state index contributed by atoms with van der Waals surface area (Å²) in [5.74, 6) is 0.0286. The second-order valence-corrected chi connectivity index (χ2v) is 5.80. The minimum absolute atomic E-state index is 0.106. The van der Waals surface area contributed by atoms with E-state index in [4.69, 9.17) is 6.11 Å². The van der Waals surface area contributed by atoms with Gasteiger partial charge in [-0.05, 0) is 37.4 Å². The SMILES string of the molecule is [2H]C1CCN(C(=O)c2ccc(OC)c(N3CCC(=O)NC3=O)c2)CC1. The Morgan fingerprint density at radius 2 is 2.00 bits per heavy atom. The van der Waals surface area contributed by atoms with E-state index in [-0.39, 0.29) is 31.2 Å². The summed E-state index contributed by atoms with van der Waals surface area (Å²) in [6, 6.07) is 4.44. The van der Waals surface area contributed by atoms with Crippen molar-refractivity contribution in [2.24, 2.45) is 0 Å². The summed E-state index contributed by atoms with van der Waals surface area (Å²) in [6.07, 6.45) is 1.44. The van der Waals surface area contributed by atoms with Crippen LogP contribution in [0.1, 0.15) is 37.4 Å². The highest BCUT2D eigenvalue weighted by Crippen LogP contribution is 2.31. The van der Waals surface area contributed by atoms with E-state index in [1.807, 2.05) is 0 Å². The van der Waals surface area contributed by atoms with E-state index in [1.165, 1.54) is 12.0 Å². The van der Waals surface area contributed by atoms with Crippen LogP contribution in [0.25, 0.3) is 0 Å². The summed E-state index contributed by atoms with van der Waals surface area (Å²) >= 11 is 0. The van der Waals surface area contributed by atoms with Crippen LogP contribution in [0, 0.1) is 0 Å². The molecule has 2 aliphatic rings. The molecule has 7 nitrogen and oxygen atoms in total. The first-order chi connectivity index (χ1) is 12.0. The number of ether oxygens (including phenoxy) is 1. The first-order valence-corrected chi connectivity index (χ1v) is 8.00. The first-order valence-electron chi connectivity index (χ1n) is 8.58. The van der Waals surface area contributed by atoms with Crippen LogP contribution < -0.4 is 15.0 Å². The second kappa shape index (κ2) is 6.90. The van der Waals surface area contributed by atoms with Crippen molar-refractivity contribution in [3.05, 3.63) is 23.8 Å². The van der Waals surface area contributed by atoms with Gasteiger partial charge in [0.25, 0.3) is 5.91 Å². The molecule has 2 fully saturated rings. The average molecular weight is 332 g/mol. The quantitative estimate of drug-likeness (QED) is 0.915.